The molecule has 4 nitrogen and oxygen atoms in total. The van der Waals surface area contributed by atoms with E-state index in [-0.39, 0.29) is 14.5 Å². The van der Waals surface area contributed by atoms with E-state index in [9.17, 15) is 4.57 Å². The van der Waals surface area contributed by atoms with Crippen LogP contribution in [0.4, 0.5) is 0 Å². The van der Waals surface area contributed by atoms with Gasteiger partial charge in [-0.05, 0) is 19.6 Å². The Bertz CT molecular complexity index is 240. The van der Waals surface area contributed by atoms with Gasteiger partial charge in [-0.25, -0.2) is 0 Å². The van der Waals surface area contributed by atoms with Gasteiger partial charge in [0.1, 0.15) is 0 Å². The van der Waals surface area contributed by atoms with Crippen LogP contribution in [0.3, 0.4) is 0 Å². The number of likely N-dealkylation sites (N-methyl/N-ethyl adjacent to an activating group) is 1. The number of hydrogen-bond acceptors (Lipinski definition) is 3. The molecular weight excluding hydrogens is 223 g/mol. The average Bonchev–Trinajstić information content (AvgIpc) is 2.21. The van der Waals surface area contributed by atoms with Gasteiger partial charge in [0.05, 0.1) is 0 Å². The van der Waals surface area contributed by atoms with Gasteiger partial charge < -0.3 is 4.90 Å². The molecule has 0 fully saturated rings. The Hall–Kier alpha value is -0.110. The first-order valence-electron chi connectivity index (χ1n) is 5.73. The van der Waals surface area contributed by atoms with Gasteiger partial charge in [-0.2, -0.15) is 0 Å². The van der Waals surface area contributed by atoms with Crippen LogP contribution in [-0.2, 0) is 4.57 Å². The second kappa shape index (κ2) is 11.4. The van der Waals surface area contributed by atoms with Crippen molar-refractivity contribution in [2.45, 2.75) is 20.8 Å². The molecule has 0 aromatic heterocycles. The molecule has 0 saturated carbocycles. The van der Waals surface area contributed by atoms with Gasteiger partial charge in [-0.15, -0.1) is 0 Å². The van der Waals surface area contributed by atoms with Crippen molar-refractivity contribution in [1.82, 2.24) is 4.90 Å². The quantitative estimate of drug-likeness (QED) is 0.594. The fourth-order valence-corrected chi connectivity index (χ4v) is 1.40. The minimum atomic E-state index is -0.105. The van der Waals surface area contributed by atoms with Crippen molar-refractivity contribution < 1.29 is 14.2 Å². The zero-order valence-electron chi connectivity index (χ0n) is 11.2. The second-order valence-electron chi connectivity index (χ2n) is 3.94. The van der Waals surface area contributed by atoms with Crippen LogP contribution in [0.15, 0.2) is 0 Å². The van der Waals surface area contributed by atoms with Crippen LogP contribution < -0.4 is 0 Å². The van der Waals surface area contributed by atoms with Crippen molar-refractivity contribution in [2.75, 3.05) is 46.9 Å². The minimum absolute atomic E-state index is 0.0928. The number of hydrogen-bond donors (Lipinski definition) is 1. The van der Waals surface area contributed by atoms with E-state index >= 15 is 0 Å². The van der Waals surface area contributed by atoms with Crippen LogP contribution >= 0.6 is 7.92 Å². The van der Waals surface area contributed by atoms with Crippen molar-refractivity contribution in [2.24, 2.45) is 0 Å². The molecule has 0 heterocycles. The Kier molecular flexibility index (Phi) is 13.0. The van der Waals surface area contributed by atoms with E-state index in [1.54, 1.807) is 0 Å². The molecule has 5 heteroatoms. The summed E-state index contributed by atoms with van der Waals surface area (Å²) >= 11 is 0. The van der Waals surface area contributed by atoms with E-state index in [0.29, 0.717) is 11.0 Å². The van der Waals surface area contributed by atoms with E-state index in [4.69, 9.17) is 5.11 Å². The average molecular weight is 249 g/mol. The summed E-state index contributed by atoms with van der Waals surface area (Å²) in [4.78, 5) is 2.38. The summed E-state index contributed by atoms with van der Waals surface area (Å²) in [5.41, 5.74) is 0. The molecule has 0 aliphatic heterocycles. The SMILES string of the molecule is CCN(CC)CC.C[N+](C)(C#P=O)CCO. The first-order valence-corrected chi connectivity index (χ1v) is 6.54. The standard InChI is InChI=1S/C6H15N.C5H11NO2P/c1-4-7(5-2)6-3;1-6(2,3-4-7)5-9-8/h4-6H2,1-3H3;7H,3-4H2,1-2H3/q;+1. The number of nitrogens with zero attached hydrogens (tertiary/aromatic N) is 2. The van der Waals surface area contributed by atoms with E-state index in [0.717, 1.165) is 0 Å². The number of aliphatic hydroxyl groups is 1. The summed E-state index contributed by atoms with van der Waals surface area (Å²) < 4.78 is 10.3. The van der Waals surface area contributed by atoms with E-state index in [2.05, 4.69) is 31.4 Å². The molecule has 0 aliphatic rings. The zero-order chi connectivity index (χ0) is 13.0. The van der Waals surface area contributed by atoms with Gasteiger partial charge in [0, 0.05) is 0 Å². The van der Waals surface area contributed by atoms with Crippen LogP contribution in [0, 0.1) is 5.75 Å². The van der Waals surface area contributed by atoms with Gasteiger partial charge in [0.15, 0.2) is 0 Å². The van der Waals surface area contributed by atoms with Crippen molar-refractivity contribution in [3.63, 3.8) is 0 Å². The molecule has 16 heavy (non-hydrogen) atoms. The molecule has 0 spiro atoms. The number of quaternary nitrogens is 1. The fourth-order valence-electron chi connectivity index (χ4n) is 1.08. The van der Waals surface area contributed by atoms with Crippen LogP contribution in [0.25, 0.3) is 0 Å². The van der Waals surface area contributed by atoms with Gasteiger partial charge >= 0.3 is 55.1 Å². The summed E-state index contributed by atoms with van der Waals surface area (Å²) in [6, 6.07) is 0. The molecule has 0 aromatic carbocycles. The second-order valence-corrected chi connectivity index (χ2v) is 4.33. The Morgan fingerprint density at radius 3 is 1.81 bits per heavy atom. The molecule has 0 unspecified atom stereocenters. The van der Waals surface area contributed by atoms with Crippen molar-refractivity contribution in [3.8, 4) is 5.75 Å². The maximum absolute atomic E-state index is 9.98. The van der Waals surface area contributed by atoms with Gasteiger partial charge in [0.25, 0.3) is 0 Å². The summed E-state index contributed by atoms with van der Waals surface area (Å²) in [7, 11) is 3.54. The summed E-state index contributed by atoms with van der Waals surface area (Å²) in [6.45, 7) is 10.8. The molecular formula is C11H26N2O2P+. The molecule has 0 atom stereocenters. The predicted molar refractivity (Wildman–Crippen MR) is 69.0 cm³/mol. The number of rotatable bonds is 5. The third-order valence-electron chi connectivity index (χ3n) is 2.31. The molecule has 0 bridgehead atoms. The van der Waals surface area contributed by atoms with Gasteiger partial charge in [0.2, 0.25) is 0 Å². The normalized spacial score (nSPS) is 10.4. The van der Waals surface area contributed by atoms with Crippen LogP contribution in [-0.4, -0.2) is 61.4 Å². The van der Waals surface area contributed by atoms with Crippen molar-refractivity contribution >= 4 is 7.92 Å². The van der Waals surface area contributed by atoms with Gasteiger partial charge in [-0.3, -0.25) is 0 Å². The van der Waals surface area contributed by atoms with Crippen LogP contribution in [0.2, 0.25) is 0 Å². The fraction of sp³-hybridized carbons (Fsp3) is 0.909. The van der Waals surface area contributed by atoms with Crippen molar-refractivity contribution in [3.05, 3.63) is 0 Å². The first kappa shape index (κ1) is 18.3. The first-order chi connectivity index (χ1) is 7.47. The van der Waals surface area contributed by atoms with E-state index in [1.165, 1.54) is 19.6 Å². The third-order valence-corrected chi connectivity index (χ3v) is 2.94. The summed E-state index contributed by atoms with van der Waals surface area (Å²) in [5.74, 6) is 2.62. The molecule has 0 aromatic rings. The molecule has 0 aliphatic carbocycles. The summed E-state index contributed by atoms with van der Waals surface area (Å²) in [6.07, 6.45) is 0. The Morgan fingerprint density at radius 2 is 1.62 bits per heavy atom. The zero-order valence-corrected chi connectivity index (χ0v) is 12.1. The monoisotopic (exact) mass is 249 g/mol. The van der Waals surface area contributed by atoms with E-state index in [1.807, 2.05) is 14.1 Å². The Labute approximate surface area is 101 Å². The third kappa shape index (κ3) is 12.0. The van der Waals surface area contributed by atoms with Crippen molar-refractivity contribution in [1.29, 1.82) is 0 Å². The van der Waals surface area contributed by atoms with Gasteiger partial charge in [-0.1, -0.05) is 20.8 Å². The maximum atomic E-state index is 9.98. The van der Waals surface area contributed by atoms with Crippen LogP contribution in [0.5, 0.6) is 0 Å². The molecule has 0 rings (SSSR count). The van der Waals surface area contributed by atoms with E-state index < -0.39 is 0 Å². The molecule has 0 amide bonds. The predicted octanol–water partition coefficient (Wildman–Crippen LogP) is 1.61. The van der Waals surface area contributed by atoms with Crippen LogP contribution in [0.1, 0.15) is 20.8 Å². The molecule has 1 N–H and O–H groups in total. The Morgan fingerprint density at radius 1 is 1.19 bits per heavy atom. The topological polar surface area (TPSA) is 40.5 Å². The number of aliphatic hydroxyl groups excluding tert-OH is 1. The summed E-state index contributed by atoms with van der Waals surface area (Å²) in [5, 5.41) is 8.47. The molecule has 0 saturated heterocycles. The molecule has 96 valence electrons. The molecule has 0 radical (unpaired) electrons. The Balaban J connectivity index is 0.